The number of rotatable bonds is 1. The van der Waals surface area contributed by atoms with Crippen molar-refractivity contribution in [1.82, 2.24) is 5.16 Å². The van der Waals surface area contributed by atoms with Gasteiger partial charge in [-0.25, -0.2) is 4.39 Å². The summed E-state index contributed by atoms with van der Waals surface area (Å²) in [6.07, 6.45) is 0. The molecule has 0 saturated heterocycles. The molecule has 1 aromatic carbocycles. The third kappa shape index (κ3) is 1.78. The van der Waals surface area contributed by atoms with Crippen LogP contribution in [0.4, 0.5) is 10.2 Å². The molecule has 0 saturated carbocycles. The van der Waals surface area contributed by atoms with Crippen molar-refractivity contribution in [2.75, 3.05) is 5.73 Å². The van der Waals surface area contributed by atoms with Crippen LogP contribution in [-0.4, -0.2) is 5.16 Å². The second kappa shape index (κ2) is 3.72. The highest BCUT2D eigenvalue weighted by Crippen LogP contribution is 2.33. The third-order valence-electron chi connectivity index (χ3n) is 1.84. The minimum absolute atomic E-state index is 0.0152. The first-order valence-electron chi connectivity index (χ1n) is 3.95. The van der Waals surface area contributed by atoms with Gasteiger partial charge in [-0.15, -0.1) is 0 Å². The van der Waals surface area contributed by atoms with E-state index in [2.05, 4.69) is 5.16 Å². The van der Waals surface area contributed by atoms with Gasteiger partial charge in [-0.3, -0.25) is 0 Å². The Labute approximate surface area is 94.6 Å². The van der Waals surface area contributed by atoms with Crippen LogP contribution in [-0.2, 0) is 0 Å². The predicted octanol–water partition coefficient (Wildman–Crippen LogP) is 3.37. The van der Waals surface area contributed by atoms with E-state index in [0.29, 0.717) is 5.56 Å². The maximum atomic E-state index is 12.9. The molecule has 0 atom stereocenters. The minimum atomic E-state index is -0.510. The van der Waals surface area contributed by atoms with E-state index >= 15 is 0 Å². The minimum Gasteiger partial charge on any atom is -0.380 e. The van der Waals surface area contributed by atoms with Crippen LogP contribution in [0.3, 0.4) is 0 Å². The highest BCUT2D eigenvalue weighted by Gasteiger charge is 2.14. The number of hydrogen-bond acceptors (Lipinski definition) is 3. The maximum Gasteiger partial charge on any atom is 0.187 e. The van der Waals surface area contributed by atoms with E-state index in [1.54, 1.807) is 0 Å². The Morgan fingerprint density at radius 1 is 1.33 bits per heavy atom. The molecule has 1 aromatic heterocycles. The number of hydrogen-bond donors (Lipinski definition) is 1. The number of halogens is 3. The molecule has 0 radical (unpaired) electrons. The maximum absolute atomic E-state index is 12.9. The average Bonchev–Trinajstić information content (AvgIpc) is 2.53. The lowest BCUT2D eigenvalue weighted by Gasteiger charge is -1.98. The first-order valence-corrected chi connectivity index (χ1v) is 4.71. The van der Waals surface area contributed by atoms with Gasteiger partial charge in [-0.05, 0) is 18.2 Å². The zero-order valence-electron chi connectivity index (χ0n) is 7.30. The van der Waals surface area contributed by atoms with Crippen molar-refractivity contribution in [3.63, 3.8) is 0 Å². The summed E-state index contributed by atoms with van der Waals surface area (Å²) >= 11 is 11.4. The molecule has 0 bridgehead atoms. The molecule has 1 heterocycles. The molecule has 15 heavy (non-hydrogen) atoms. The van der Waals surface area contributed by atoms with Crippen LogP contribution in [0.5, 0.6) is 0 Å². The van der Waals surface area contributed by atoms with E-state index in [-0.39, 0.29) is 21.6 Å². The van der Waals surface area contributed by atoms with Gasteiger partial charge in [-0.2, -0.15) is 0 Å². The largest absolute Gasteiger partial charge is 0.380 e. The van der Waals surface area contributed by atoms with Crippen LogP contribution in [0.2, 0.25) is 10.0 Å². The molecule has 0 unspecified atom stereocenters. The molecule has 2 rings (SSSR count). The summed E-state index contributed by atoms with van der Waals surface area (Å²) in [5.41, 5.74) is 5.93. The first-order chi connectivity index (χ1) is 7.09. The highest BCUT2D eigenvalue weighted by molar-refractivity contribution is 6.35. The fraction of sp³-hybridized carbons (Fsp3) is 0. The summed E-state index contributed by atoms with van der Waals surface area (Å²) in [6, 6.07) is 4.09. The Morgan fingerprint density at radius 3 is 2.60 bits per heavy atom. The second-order valence-corrected chi connectivity index (χ2v) is 3.62. The van der Waals surface area contributed by atoms with Crippen LogP contribution in [0.25, 0.3) is 11.3 Å². The summed E-state index contributed by atoms with van der Waals surface area (Å²) in [5, 5.41) is 3.66. The Kier molecular flexibility index (Phi) is 2.54. The van der Waals surface area contributed by atoms with E-state index in [0.717, 1.165) is 0 Å². The SMILES string of the molecule is Nc1noc(-c2ccc(F)c(Cl)c2)c1Cl. The number of benzene rings is 1. The van der Waals surface area contributed by atoms with Crippen molar-refractivity contribution in [3.8, 4) is 11.3 Å². The van der Waals surface area contributed by atoms with E-state index in [1.807, 2.05) is 0 Å². The number of nitrogens with zero attached hydrogens (tertiary/aromatic N) is 1. The van der Waals surface area contributed by atoms with Crippen molar-refractivity contribution < 1.29 is 8.91 Å². The molecule has 2 aromatic rings. The summed E-state index contributed by atoms with van der Waals surface area (Å²) in [5.74, 6) is -0.146. The summed E-state index contributed by atoms with van der Waals surface area (Å²) < 4.78 is 17.8. The second-order valence-electron chi connectivity index (χ2n) is 2.84. The zero-order valence-corrected chi connectivity index (χ0v) is 8.81. The Balaban J connectivity index is 2.55. The molecule has 0 fully saturated rings. The molecule has 2 N–H and O–H groups in total. The van der Waals surface area contributed by atoms with Gasteiger partial charge in [0, 0.05) is 5.56 Å². The van der Waals surface area contributed by atoms with Gasteiger partial charge in [0.2, 0.25) is 0 Å². The normalized spacial score (nSPS) is 10.6. The summed E-state index contributed by atoms with van der Waals surface area (Å²) in [6.45, 7) is 0. The van der Waals surface area contributed by atoms with Crippen molar-refractivity contribution in [1.29, 1.82) is 0 Å². The topological polar surface area (TPSA) is 52.0 Å². The van der Waals surface area contributed by atoms with Gasteiger partial charge in [0.15, 0.2) is 11.6 Å². The monoisotopic (exact) mass is 246 g/mol. The fourth-order valence-electron chi connectivity index (χ4n) is 1.11. The summed E-state index contributed by atoms with van der Waals surface area (Å²) in [7, 11) is 0. The molecule has 0 aliphatic rings. The van der Waals surface area contributed by atoms with Gasteiger partial charge in [-0.1, -0.05) is 28.4 Å². The van der Waals surface area contributed by atoms with Gasteiger partial charge in [0.1, 0.15) is 10.8 Å². The number of nitrogens with two attached hydrogens (primary N) is 1. The Hall–Kier alpha value is -1.26. The summed E-state index contributed by atoms with van der Waals surface area (Å²) in [4.78, 5) is 0. The van der Waals surface area contributed by atoms with Crippen molar-refractivity contribution in [2.45, 2.75) is 0 Å². The van der Waals surface area contributed by atoms with E-state index < -0.39 is 5.82 Å². The van der Waals surface area contributed by atoms with Crippen molar-refractivity contribution in [2.24, 2.45) is 0 Å². The molecule has 78 valence electrons. The lowest BCUT2D eigenvalue weighted by atomic mass is 10.2. The predicted molar refractivity (Wildman–Crippen MR) is 56.3 cm³/mol. The Morgan fingerprint density at radius 2 is 2.07 bits per heavy atom. The molecular weight excluding hydrogens is 242 g/mol. The quantitative estimate of drug-likeness (QED) is 0.840. The number of nitrogen functional groups attached to an aromatic ring is 1. The Bertz CT molecular complexity index is 513. The fourth-order valence-corrected chi connectivity index (χ4v) is 1.47. The molecule has 0 amide bonds. The molecule has 0 aliphatic heterocycles. The van der Waals surface area contributed by atoms with Crippen LogP contribution >= 0.6 is 23.2 Å². The van der Waals surface area contributed by atoms with E-state index in [9.17, 15) is 4.39 Å². The van der Waals surface area contributed by atoms with Crippen LogP contribution in [0.15, 0.2) is 22.7 Å². The number of anilines is 1. The average molecular weight is 247 g/mol. The molecule has 0 aliphatic carbocycles. The van der Waals surface area contributed by atoms with Gasteiger partial charge < -0.3 is 10.3 Å². The number of aromatic nitrogens is 1. The standard InChI is InChI=1S/C9H5Cl2FN2O/c10-5-3-4(1-2-6(5)12)8-7(11)9(13)14-15-8/h1-3H,(H2,13,14). The highest BCUT2D eigenvalue weighted by atomic mass is 35.5. The lowest BCUT2D eigenvalue weighted by molar-refractivity contribution is 0.436. The van der Waals surface area contributed by atoms with Gasteiger partial charge in [0.05, 0.1) is 5.02 Å². The van der Waals surface area contributed by atoms with Crippen LogP contribution in [0.1, 0.15) is 0 Å². The van der Waals surface area contributed by atoms with Crippen LogP contribution < -0.4 is 5.73 Å². The van der Waals surface area contributed by atoms with Gasteiger partial charge >= 0.3 is 0 Å². The zero-order chi connectivity index (χ0) is 11.0. The lowest BCUT2D eigenvalue weighted by Crippen LogP contribution is -1.83. The third-order valence-corrected chi connectivity index (χ3v) is 2.50. The van der Waals surface area contributed by atoms with Crippen LogP contribution in [0, 0.1) is 5.82 Å². The van der Waals surface area contributed by atoms with E-state index in [1.165, 1.54) is 18.2 Å². The van der Waals surface area contributed by atoms with Crippen molar-refractivity contribution in [3.05, 3.63) is 34.1 Å². The molecular formula is C9H5Cl2FN2O. The van der Waals surface area contributed by atoms with Gasteiger partial charge in [0.25, 0.3) is 0 Å². The van der Waals surface area contributed by atoms with Crippen molar-refractivity contribution >= 4 is 29.0 Å². The molecule has 3 nitrogen and oxygen atoms in total. The van der Waals surface area contributed by atoms with E-state index in [4.69, 9.17) is 33.5 Å². The molecule has 6 heteroatoms. The first kappa shape index (κ1) is 10.3. The smallest absolute Gasteiger partial charge is 0.187 e. The molecule has 0 spiro atoms.